The van der Waals surface area contributed by atoms with Crippen LogP contribution in [0.4, 0.5) is 11.5 Å². The van der Waals surface area contributed by atoms with Crippen LogP contribution in [0.2, 0.25) is 0 Å². The van der Waals surface area contributed by atoms with Crippen molar-refractivity contribution in [2.75, 3.05) is 23.9 Å². The molecule has 31 heavy (non-hydrogen) atoms. The minimum absolute atomic E-state index is 0.00463. The number of nitrogens with zero attached hydrogens (tertiary/aromatic N) is 3. The minimum atomic E-state index is -1.15. The molecule has 2 aliphatic heterocycles. The Morgan fingerprint density at radius 3 is 2.68 bits per heavy atom. The van der Waals surface area contributed by atoms with Gasteiger partial charge in [-0.3, -0.25) is 14.5 Å². The number of carbonyl (C=O) groups excluding carboxylic acids is 2. The van der Waals surface area contributed by atoms with Gasteiger partial charge in [-0.15, -0.1) is 6.42 Å². The van der Waals surface area contributed by atoms with Crippen molar-refractivity contribution in [1.29, 1.82) is 0 Å². The van der Waals surface area contributed by atoms with Crippen LogP contribution < -0.4 is 15.0 Å². The molecular formula is C24H20N4O3. The van der Waals surface area contributed by atoms with Crippen molar-refractivity contribution in [3.63, 3.8) is 0 Å². The summed E-state index contributed by atoms with van der Waals surface area (Å²) in [5, 5.41) is 7.45. The lowest BCUT2D eigenvalue weighted by atomic mass is 9.71. The van der Waals surface area contributed by atoms with Crippen LogP contribution in [0.5, 0.6) is 5.75 Å². The van der Waals surface area contributed by atoms with E-state index in [1.54, 1.807) is 22.9 Å². The molecule has 2 amide bonds. The van der Waals surface area contributed by atoms with E-state index in [-0.39, 0.29) is 24.8 Å². The van der Waals surface area contributed by atoms with Gasteiger partial charge in [0.2, 0.25) is 11.8 Å². The van der Waals surface area contributed by atoms with Crippen molar-refractivity contribution in [2.24, 2.45) is 0 Å². The first-order valence-electron chi connectivity index (χ1n) is 9.89. The fraction of sp³-hybridized carbons (Fsp3) is 0.208. The summed E-state index contributed by atoms with van der Waals surface area (Å²) in [5.41, 5.74) is 2.77. The normalized spacial score (nSPS) is 19.1. The Morgan fingerprint density at radius 1 is 1.19 bits per heavy atom. The molecule has 2 aliphatic rings. The molecule has 7 heteroatoms. The van der Waals surface area contributed by atoms with Crippen molar-refractivity contribution in [3.8, 4) is 23.8 Å². The molecule has 1 spiro atoms. The third kappa shape index (κ3) is 2.51. The fourth-order valence-corrected chi connectivity index (χ4v) is 4.69. The molecule has 3 heterocycles. The number of aryl methyl sites for hydroxylation is 1. The summed E-state index contributed by atoms with van der Waals surface area (Å²) in [6.45, 7) is 2.08. The SMILES string of the molecule is C#CCN1C(=O)[C@@]2(CC(=O)Nc3c2cnn3-c2ccc(OC)cc2)c2cccc(C)c21. The lowest BCUT2D eigenvalue weighted by molar-refractivity contribution is -0.126. The van der Waals surface area contributed by atoms with E-state index < -0.39 is 5.41 Å². The van der Waals surface area contributed by atoms with Gasteiger partial charge in [0, 0.05) is 12.0 Å². The molecule has 0 fully saturated rings. The van der Waals surface area contributed by atoms with E-state index in [4.69, 9.17) is 11.2 Å². The second kappa shape index (κ2) is 6.74. The first kappa shape index (κ1) is 18.9. The Morgan fingerprint density at radius 2 is 1.97 bits per heavy atom. The molecule has 5 rings (SSSR count). The average molecular weight is 412 g/mol. The zero-order valence-electron chi connectivity index (χ0n) is 17.2. The zero-order chi connectivity index (χ0) is 21.8. The van der Waals surface area contributed by atoms with Gasteiger partial charge in [-0.2, -0.15) is 5.10 Å². The summed E-state index contributed by atoms with van der Waals surface area (Å²) >= 11 is 0. The highest BCUT2D eigenvalue weighted by atomic mass is 16.5. The molecule has 0 unspecified atom stereocenters. The van der Waals surface area contributed by atoms with Gasteiger partial charge in [0.15, 0.2) is 0 Å². The maximum absolute atomic E-state index is 13.8. The van der Waals surface area contributed by atoms with Crippen LogP contribution in [0, 0.1) is 19.3 Å². The van der Waals surface area contributed by atoms with Gasteiger partial charge in [-0.25, -0.2) is 4.68 Å². The molecule has 1 atom stereocenters. The van der Waals surface area contributed by atoms with E-state index in [2.05, 4.69) is 16.3 Å². The lowest BCUT2D eigenvalue weighted by Gasteiger charge is -2.32. The van der Waals surface area contributed by atoms with E-state index in [1.807, 2.05) is 49.4 Å². The number of para-hydroxylation sites is 1. The summed E-state index contributed by atoms with van der Waals surface area (Å²) < 4.78 is 6.86. The second-order valence-corrected chi connectivity index (χ2v) is 7.71. The maximum Gasteiger partial charge on any atom is 0.243 e. The van der Waals surface area contributed by atoms with Gasteiger partial charge in [-0.1, -0.05) is 24.1 Å². The summed E-state index contributed by atoms with van der Waals surface area (Å²) in [4.78, 5) is 28.3. The molecule has 7 nitrogen and oxygen atoms in total. The molecular weight excluding hydrogens is 392 g/mol. The minimum Gasteiger partial charge on any atom is -0.497 e. The third-order valence-corrected chi connectivity index (χ3v) is 6.06. The predicted molar refractivity (Wildman–Crippen MR) is 117 cm³/mol. The Bertz CT molecular complexity index is 1270. The highest BCUT2D eigenvalue weighted by Gasteiger charge is 2.57. The van der Waals surface area contributed by atoms with Crippen LogP contribution in [0.15, 0.2) is 48.7 Å². The predicted octanol–water partition coefficient (Wildman–Crippen LogP) is 2.80. The van der Waals surface area contributed by atoms with Crippen LogP contribution in [0.25, 0.3) is 5.69 Å². The highest BCUT2D eigenvalue weighted by molar-refractivity contribution is 6.16. The number of carbonyl (C=O) groups is 2. The van der Waals surface area contributed by atoms with Crippen LogP contribution in [0.3, 0.4) is 0 Å². The molecule has 0 radical (unpaired) electrons. The van der Waals surface area contributed by atoms with Gasteiger partial charge < -0.3 is 10.1 Å². The van der Waals surface area contributed by atoms with Crippen molar-refractivity contribution in [2.45, 2.75) is 18.8 Å². The molecule has 1 N–H and O–H groups in total. The number of amides is 2. The Kier molecular flexibility index (Phi) is 4.12. The van der Waals surface area contributed by atoms with E-state index in [0.29, 0.717) is 17.1 Å². The number of rotatable bonds is 3. The van der Waals surface area contributed by atoms with Gasteiger partial charge >= 0.3 is 0 Å². The van der Waals surface area contributed by atoms with E-state index >= 15 is 0 Å². The topological polar surface area (TPSA) is 76.5 Å². The molecule has 0 saturated carbocycles. The molecule has 0 saturated heterocycles. The van der Waals surface area contributed by atoms with E-state index in [9.17, 15) is 9.59 Å². The Hall–Kier alpha value is -4.05. The van der Waals surface area contributed by atoms with Crippen molar-refractivity contribution in [3.05, 3.63) is 65.4 Å². The fourth-order valence-electron chi connectivity index (χ4n) is 4.69. The van der Waals surface area contributed by atoms with Crippen LogP contribution in [0.1, 0.15) is 23.1 Å². The van der Waals surface area contributed by atoms with Crippen LogP contribution >= 0.6 is 0 Å². The van der Waals surface area contributed by atoms with Crippen LogP contribution in [-0.2, 0) is 15.0 Å². The van der Waals surface area contributed by atoms with Gasteiger partial charge in [0.05, 0.1) is 31.2 Å². The van der Waals surface area contributed by atoms with E-state index in [1.165, 1.54) is 0 Å². The number of hydrogen-bond acceptors (Lipinski definition) is 4. The number of benzene rings is 2. The molecule has 0 bridgehead atoms. The quantitative estimate of drug-likeness (QED) is 0.672. The number of aromatic nitrogens is 2. The molecule has 154 valence electrons. The van der Waals surface area contributed by atoms with Crippen molar-refractivity contribution < 1.29 is 14.3 Å². The third-order valence-electron chi connectivity index (χ3n) is 6.06. The zero-order valence-corrected chi connectivity index (χ0v) is 17.2. The van der Waals surface area contributed by atoms with Crippen LogP contribution in [-0.4, -0.2) is 35.2 Å². The summed E-state index contributed by atoms with van der Waals surface area (Å²) in [6, 6.07) is 13.1. The van der Waals surface area contributed by atoms with Crippen molar-refractivity contribution in [1.82, 2.24) is 9.78 Å². The van der Waals surface area contributed by atoms with E-state index in [0.717, 1.165) is 22.5 Å². The number of fused-ring (bicyclic) bond motifs is 4. The first-order chi connectivity index (χ1) is 15.0. The van der Waals surface area contributed by atoms with Gasteiger partial charge in [-0.05, 0) is 42.3 Å². The lowest BCUT2D eigenvalue weighted by Crippen LogP contribution is -2.46. The molecule has 1 aromatic heterocycles. The summed E-state index contributed by atoms with van der Waals surface area (Å²) in [6.07, 6.45) is 7.25. The maximum atomic E-state index is 13.8. The molecule has 2 aromatic carbocycles. The number of nitrogens with one attached hydrogen (secondary N) is 1. The number of hydrogen-bond donors (Lipinski definition) is 1. The standard InChI is InChI=1S/C24H20N4O3/c1-4-12-27-21-15(2)6-5-7-18(21)24(23(27)30)13-20(29)26-22-19(24)14-25-28(22)16-8-10-17(31-3)11-9-16/h1,5-11,14H,12-13H2,2-3H3,(H,26,29)/t24-/m0/s1. The van der Waals surface area contributed by atoms with Gasteiger partial charge in [0.25, 0.3) is 0 Å². The Labute approximate surface area is 179 Å². The highest BCUT2D eigenvalue weighted by Crippen LogP contribution is 2.53. The average Bonchev–Trinajstić information content (AvgIpc) is 3.29. The summed E-state index contributed by atoms with van der Waals surface area (Å²) in [5.74, 6) is 3.34. The number of methoxy groups -OCH3 is 1. The summed E-state index contributed by atoms with van der Waals surface area (Å²) in [7, 11) is 1.60. The first-order valence-corrected chi connectivity index (χ1v) is 9.89. The van der Waals surface area contributed by atoms with Crippen molar-refractivity contribution >= 4 is 23.3 Å². The molecule has 0 aliphatic carbocycles. The number of ether oxygens (including phenoxy) is 1. The number of anilines is 2. The monoisotopic (exact) mass is 412 g/mol. The second-order valence-electron chi connectivity index (χ2n) is 7.71. The Balaban J connectivity index is 1.74. The van der Waals surface area contributed by atoms with Gasteiger partial charge in [0.1, 0.15) is 17.0 Å². The number of terminal acetylenes is 1. The smallest absolute Gasteiger partial charge is 0.243 e. The molecule has 3 aromatic rings. The largest absolute Gasteiger partial charge is 0.497 e.